The molecular formula is C31H26F3N5O4. The van der Waals surface area contributed by atoms with Crippen molar-refractivity contribution in [2.24, 2.45) is 5.92 Å². The predicted molar refractivity (Wildman–Crippen MR) is 153 cm³/mol. The Labute approximate surface area is 243 Å². The summed E-state index contributed by atoms with van der Waals surface area (Å²) in [6.45, 7) is 1.88. The van der Waals surface area contributed by atoms with E-state index in [2.05, 4.69) is 25.3 Å². The Bertz CT molecular complexity index is 1720. The molecule has 2 atom stereocenters. The second-order valence-corrected chi connectivity index (χ2v) is 10.6. The first kappa shape index (κ1) is 28.0. The Morgan fingerprint density at radius 3 is 2.42 bits per heavy atom. The van der Waals surface area contributed by atoms with E-state index in [0.29, 0.717) is 30.9 Å². The molecule has 1 fully saturated rings. The van der Waals surface area contributed by atoms with Crippen LogP contribution in [0.2, 0.25) is 0 Å². The lowest BCUT2D eigenvalue weighted by atomic mass is 9.83. The molecule has 2 aromatic carbocycles. The number of alkyl halides is 3. The maximum absolute atomic E-state index is 13.2. The molecule has 6 rings (SSSR count). The number of nitrogens with zero attached hydrogens (tertiary/aromatic N) is 3. The third-order valence-corrected chi connectivity index (χ3v) is 7.60. The highest BCUT2D eigenvalue weighted by Gasteiger charge is 2.35. The Morgan fingerprint density at radius 1 is 0.884 bits per heavy atom. The van der Waals surface area contributed by atoms with Gasteiger partial charge in [0.25, 0.3) is 17.4 Å². The number of benzene rings is 2. The molecule has 2 aromatic heterocycles. The van der Waals surface area contributed by atoms with Gasteiger partial charge in [-0.05, 0) is 73.0 Å². The summed E-state index contributed by atoms with van der Waals surface area (Å²) in [7, 11) is 0. The lowest BCUT2D eigenvalue weighted by molar-refractivity contribution is -0.274. The highest BCUT2D eigenvalue weighted by Crippen LogP contribution is 2.39. The largest absolute Gasteiger partial charge is 0.573 e. The Morgan fingerprint density at radius 2 is 1.67 bits per heavy atom. The number of carbonyl (C=O) groups is 2. The van der Waals surface area contributed by atoms with Crippen molar-refractivity contribution >= 4 is 28.9 Å². The van der Waals surface area contributed by atoms with Gasteiger partial charge in [-0.25, -0.2) is 0 Å². The highest BCUT2D eigenvalue weighted by atomic mass is 19.4. The van der Waals surface area contributed by atoms with Gasteiger partial charge in [0, 0.05) is 61.0 Å². The summed E-state index contributed by atoms with van der Waals surface area (Å²) in [6, 6.07) is 18.4. The number of nitrogens with one attached hydrogen (secondary N) is 2. The summed E-state index contributed by atoms with van der Waals surface area (Å²) in [5.74, 6) is -0.983. The average Bonchev–Trinajstić information content (AvgIpc) is 2.98. The molecular weight excluding hydrogens is 563 g/mol. The predicted octanol–water partition coefficient (Wildman–Crippen LogP) is 5.27. The van der Waals surface area contributed by atoms with Crippen molar-refractivity contribution in [1.29, 1.82) is 0 Å². The van der Waals surface area contributed by atoms with Crippen LogP contribution in [0.15, 0.2) is 90.0 Å². The van der Waals surface area contributed by atoms with Crippen molar-refractivity contribution in [3.05, 3.63) is 112 Å². The monoisotopic (exact) mass is 589 g/mol. The number of anilines is 3. The quantitative estimate of drug-likeness (QED) is 0.318. The number of hydrogen-bond acceptors (Lipinski definition) is 6. The summed E-state index contributed by atoms with van der Waals surface area (Å²) in [5, 5.41) is 5.59. The van der Waals surface area contributed by atoms with E-state index in [-0.39, 0.29) is 28.6 Å². The number of fused-ring (bicyclic) bond motifs is 4. The number of piperidine rings is 1. The van der Waals surface area contributed by atoms with Crippen molar-refractivity contribution in [1.82, 2.24) is 9.55 Å². The maximum atomic E-state index is 13.2. The van der Waals surface area contributed by atoms with E-state index >= 15 is 0 Å². The van der Waals surface area contributed by atoms with Gasteiger partial charge in [0.05, 0.1) is 16.9 Å². The number of ether oxygens (including phenoxy) is 1. The molecule has 0 aliphatic carbocycles. The normalized spacial score (nSPS) is 17.5. The van der Waals surface area contributed by atoms with Gasteiger partial charge in [0.15, 0.2) is 0 Å². The van der Waals surface area contributed by atoms with Crippen LogP contribution in [-0.4, -0.2) is 40.8 Å². The summed E-state index contributed by atoms with van der Waals surface area (Å²) < 4.78 is 43.2. The molecule has 12 heteroatoms. The fourth-order valence-corrected chi connectivity index (χ4v) is 5.78. The van der Waals surface area contributed by atoms with E-state index in [1.807, 2.05) is 10.6 Å². The number of carbonyl (C=O) groups excluding carboxylic acids is 2. The first-order valence-corrected chi connectivity index (χ1v) is 13.6. The summed E-state index contributed by atoms with van der Waals surface area (Å²) in [6.07, 6.45) is -0.871. The molecule has 2 amide bonds. The molecule has 0 saturated carbocycles. The molecule has 2 N–H and O–H groups in total. The van der Waals surface area contributed by atoms with Crippen LogP contribution in [0.25, 0.3) is 0 Å². The second-order valence-electron chi connectivity index (χ2n) is 10.6. The van der Waals surface area contributed by atoms with Gasteiger partial charge in [-0.3, -0.25) is 19.4 Å². The van der Waals surface area contributed by atoms with E-state index in [1.54, 1.807) is 48.7 Å². The van der Waals surface area contributed by atoms with Crippen molar-refractivity contribution < 1.29 is 27.5 Å². The average molecular weight is 590 g/mol. The number of rotatable bonds is 6. The number of pyridine rings is 2. The van der Waals surface area contributed by atoms with Crippen molar-refractivity contribution in [2.45, 2.75) is 25.2 Å². The Balaban J connectivity index is 1.27. The molecule has 220 valence electrons. The van der Waals surface area contributed by atoms with Gasteiger partial charge in [-0.1, -0.05) is 6.07 Å². The van der Waals surface area contributed by atoms with E-state index in [0.717, 1.165) is 29.9 Å². The van der Waals surface area contributed by atoms with E-state index < -0.39 is 23.9 Å². The van der Waals surface area contributed by atoms with E-state index in [4.69, 9.17) is 0 Å². The zero-order chi connectivity index (χ0) is 30.1. The standard InChI is InChI=1S/C31H26F3N5O4/c32-31(33,34)43-24-9-7-23(8-10-24)36-29(41)20-6-11-27(25(14-20)37-30(42)21-3-2-12-35-15-21)38-16-19-13-22(18-38)26-4-1-5-28(40)39(26)17-19/h1-12,14-15,19,22H,13,16-18H2,(H,36,41)(H,37,42). The van der Waals surface area contributed by atoms with Crippen LogP contribution in [-0.2, 0) is 6.54 Å². The molecule has 0 radical (unpaired) electrons. The molecule has 43 heavy (non-hydrogen) atoms. The fourth-order valence-electron chi connectivity index (χ4n) is 5.78. The first-order chi connectivity index (χ1) is 20.6. The van der Waals surface area contributed by atoms with Crippen molar-refractivity contribution in [3.8, 4) is 5.75 Å². The molecule has 2 aliphatic heterocycles. The van der Waals surface area contributed by atoms with Crippen LogP contribution >= 0.6 is 0 Å². The van der Waals surface area contributed by atoms with E-state index in [1.165, 1.54) is 18.3 Å². The summed E-state index contributed by atoms with van der Waals surface area (Å²) in [4.78, 5) is 45.0. The van der Waals surface area contributed by atoms with Gasteiger partial charge in [-0.2, -0.15) is 0 Å². The van der Waals surface area contributed by atoms with Gasteiger partial charge >= 0.3 is 6.36 Å². The van der Waals surface area contributed by atoms with Crippen LogP contribution in [0, 0.1) is 5.92 Å². The first-order valence-electron chi connectivity index (χ1n) is 13.6. The molecule has 0 spiro atoms. The number of amides is 2. The zero-order valence-electron chi connectivity index (χ0n) is 22.7. The minimum absolute atomic E-state index is 0.0112. The minimum Gasteiger partial charge on any atom is -0.406 e. The lowest BCUT2D eigenvalue weighted by Gasteiger charge is -2.44. The van der Waals surface area contributed by atoms with E-state index in [9.17, 15) is 27.6 Å². The third kappa shape index (κ3) is 6.22. The van der Waals surface area contributed by atoms with Crippen LogP contribution in [0.4, 0.5) is 30.2 Å². The number of halogens is 3. The van der Waals surface area contributed by atoms with Crippen molar-refractivity contribution in [2.75, 3.05) is 28.6 Å². The second kappa shape index (κ2) is 11.3. The Kier molecular flexibility index (Phi) is 7.34. The summed E-state index contributed by atoms with van der Waals surface area (Å²) in [5.41, 5.74) is 2.95. The van der Waals surface area contributed by atoms with Crippen LogP contribution in [0.3, 0.4) is 0 Å². The highest BCUT2D eigenvalue weighted by molar-refractivity contribution is 6.09. The lowest BCUT2D eigenvalue weighted by Crippen LogP contribution is -2.47. The summed E-state index contributed by atoms with van der Waals surface area (Å²) >= 11 is 0. The van der Waals surface area contributed by atoms with Gasteiger partial charge < -0.3 is 24.8 Å². The van der Waals surface area contributed by atoms with Crippen molar-refractivity contribution in [3.63, 3.8) is 0 Å². The Hall–Kier alpha value is -5.13. The van der Waals surface area contributed by atoms with Crippen LogP contribution in [0.1, 0.15) is 38.7 Å². The van der Waals surface area contributed by atoms with Gasteiger partial charge in [0.2, 0.25) is 0 Å². The smallest absolute Gasteiger partial charge is 0.406 e. The SMILES string of the molecule is O=C(Nc1ccc(OC(F)(F)F)cc1)c1ccc(N2CC3CC(C2)c2cccc(=O)n2C3)c(NC(=O)c2cccnc2)c1. The zero-order valence-corrected chi connectivity index (χ0v) is 22.7. The van der Waals surface area contributed by atoms with Crippen LogP contribution in [0.5, 0.6) is 5.75 Å². The third-order valence-electron chi connectivity index (χ3n) is 7.60. The molecule has 2 unspecified atom stereocenters. The molecule has 9 nitrogen and oxygen atoms in total. The fraction of sp³-hybridized carbons (Fsp3) is 0.226. The number of hydrogen-bond donors (Lipinski definition) is 2. The maximum Gasteiger partial charge on any atom is 0.573 e. The topological polar surface area (TPSA) is 106 Å². The molecule has 2 bridgehead atoms. The molecule has 2 aliphatic rings. The van der Waals surface area contributed by atoms with Gasteiger partial charge in [0.1, 0.15) is 5.75 Å². The minimum atomic E-state index is -4.82. The molecule has 4 heterocycles. The van der Waals surface area contributed by atoms with Gasteiger partial charge in [-0.15, -0.1) is 13.2 Å². The molecule has 4 aromatic rings. The number of aromatic nitrogens is 2. The molecule has 1 saturated heterocycles. The van der Waals surface area contributed by atoms with Crippen LogP contribution < -0.4 is 25.8 Å².